The van der Waals surface area contributed by atoms with Crippen LogP contribution in [0.15, 0.2) is 30.3 Å². The van der Waals surface area contributed by atoms with Crippen LogP contribution in [-0.2, 0) is 5.54 Å². The van der Waals surface area contributed by atoms with E-state index in [1.54, 1.807) is 0 Å². The number of rotatable bonds is 1. The van der Waals surface area contributed by atoms with Crippen molar-refractivity contribution in [3.8, 4) is 0 Å². The highest BCUT2D eigenvalue weighted by Gasteiger charge is 2.47. The molecule has 0 amide bonds. The average Bonchev–Trinajstić information content (AvgIpc) is 2.52. The molecule has 0 N–H and O–H groups in total. The van der Waals surface area contributed by atoms with E-state index < -0.39 is 0 Å². The van der Waals surface area contributed by atoms with Gasteiger partial charge in [-0.2, -0.15) is 0 Å². The van der Waals surface area contributed by atoms with Crippen LogP contribution in [0, 0.1) is 0 Å². The van der Waals surface area contributed by atoms with Crippen molar-refractivity contribution in [3.05, 3.63) is 35.9 Å². The van der Waals surface area contributed by atoms with Gasteiger partial charge in [-0.15, -0.1) is 0 Å². The van der Waals surface area contributed by atoms with Crippen molar-refractivity contribution in [2.45, 2.75) is 43.7 Å². The molecule has 0 spiro atoms. The monoisotopic (exact) mass is 201 g/mol. The zero-order valence-electron chi connectivity index (χ0n) is 9.45. The van der Waals surface area contributed by atoms with Gasteiger partial charge in [0.05, 0.1) is 0 Å². The Hall–Kier alpha value is -0.820. The van der Waals surface area contributed by atoms with E-state index in [0.717, 1.165) is 6.04 Å². The summed E-state index contributed by atoms with van der Waals surface area (Å²) in [6.07, 6.45) is 6.92. The summed E-state index contributed by atoms with van der Waals surface area (Å²) in [6, 6.07) is 11.9. The highest BCUT2D eigenvalue weighted by Crippen LogP contribution is 2.49. The number of piperidine rings is 1. The zero-order chi connectivity index (χ0) is 10.3. The lowest BCUT2D eigenvalue weighted by Crippen LogP contribution is -2.45. The van der Waals surface area contributed by atoms with Crippen molar-refractivity contribution in [2.75, 3.05) is 7.05 Å². The minimum atomic E-state index is 0.379. The predicted octanol–water partition coefficient (Wildman–Crippen LogP) is 3.16. The summed E-state index contributed by atoms with van der Waals surface area (Å²) in [6.45, 7) is 0. The topological polar surface area (TPSA) is 3.24 Å². The van der Waals surface area contributed by atoms with Crippen LogP contribution in [0.1, 0.15) is 37.7 Å². The molecule has 3 rings (SSSR count). The first-order valence-electron chi connectivity index (χ1n) is 6.11. The highest BCUT2D eigenvalue weighted by atomic mass is 15.2. The van der Waals surface area contributed by atoms with E-state index in [9.17, 15) is 0 Å². The first kappa shape index (κ1) is 9.41. The average molecular weight is 201 g/mol. The molecule has 0 aliphatic carbocycles. The molecule has 0 unspecified atom stereocenters. The Bertz CT molecular complexity index is 342. The second-order valence-electron chi connectivity index (χ2n) is 5.09. The van der Waals surface area contributed by atoms with Crippen LogP contribution < -0.4 is 0 Å². The maximum absolute atomic E-state index is 2.64. The van der Waals surface area contributed by atoms with Crippen molar-refractivity contribution in [3.63, 3.8) is 0 Å². The second kappa shape index (κ2) is 3.34. The molecule has 0 aromatic heterocycles. The maximum Gasteiger partial charge on any atom is 0.0461 e. The molecule has 2 fully saturated rings. The Balaban J connectivity index is 2.03. The van der Waals surface area contributed by atoms with Gasteiger partial charge in [-0.3, -0.25) is 4.90 Å². The molecule has 80 valence electrons. The molecule has 1 heteroatoms. The van der Waals surface area contributed by atoms with Crippen LogP contribution in [0.4, 0.5) is 0 Å². The van der Waals surface area contributed by atoms with Crippen molar-refractivity contribution >= 4 is 0 Å². The van der Waals surface area contributed by atoms with Crippen molar-refractivity contribution in [1.29, 1.82) is 0 Å². The van der Waals surface area contributed by atoms with Crippen LogP contribution in [0.2, 0.25) is 0 Å². The first-order chi connectivity index (χ1) is 7.33. The van der Waals surface area contributed by atoms with Crippen LogP contribution >= 0.6 is 0 Å². The van der Waals surface area contributed by atoms with Gasteiger partial charge in [-0.25, -0.2) is 0 Å². The molecule has 2 atom stereocenters. The predicted molar refractivity (Wildman–Crippen MR) is 62.8 cm³/mol. The van der Waals surface area contributed by atoms with E-state index >= 15 is 0 Å². The number of benzene rings is 1. The van der Waals surface area contributed by atoms with E-state index in [-0.39, 0.29) is 0 Å². The molecule has 15 heavy (non-hydrogen) atoms. The third-order valence-electron chi connectivity index (χ3n) is 4.55. The van der Waals surface area contributed by atoms with Gasteiger partial charge < -0.3 is 0 Å². The van der Waals surface area contributed by atoms with Gasteiger partial charge in [0.15, 0.2) is 0 Å². The van der Waals surface area contributed by atoms with Crippen LogP contribution in [0.25, 0.3) is 0 Å². The fourth-order valence-electron chi connectivity index (χ4n) is 3.64. The van der Waals surface area contributed by atoms with Crippen molar-refractivity contribution < 1.29 is 0 Å². The van der Waals surface area contributed by atoms with Crippen LogP contribution in [0.5, 0.6) is 0 Å². The molecule has 1 aromatic rings. The summed E-state index contributed by atoms with van der Waals surface area (Å²) in [4.78, 5) is 2.64. The molecular formula is C14H19N. The lowest BCUT2D eigenvalue weighted by atomic mass is 9.82. The van der Waals surface area contributed by atoms with E-state index in [2.05, 4.69) is 42.3 Å². The van der Waals surface area contributed by atoms with Gasteiger partial charge in [-0.05, 0) is 44.7 Å². The standard InChI is InChI=1S/C14H19N/c1-15-13-8-5-10-14(15,11-9-13)12-6-3-2-4-7-12/h2-4,6-7,13H,5,8-11H2,1H3/t13-,14+/m1/s1. The number of hydrogen-bond acceptors (Lipinski definition) is 1. The summed E-state index contributed by atoms with van der Waals surface area (Å²) < 4.78 is 0. The smallest absolute Gasteiger partial charge is 0.0461 e. The second-order valence-corrected chi connectivity index (χ2v) is 5.09. The molecule has 1 aromatic carbocycles. The largest absolute Gasteiger partial charge is 0.294 e. The van der Waals surface area contributed by atoms with Gasteiger partial charge in [0.25, 0.3) is 0 Å². The third kappa shape index (κ3) is 1.26. The zero-order valence-corrected chi connectivity index (χ0v) is 9.45. The lowest BCUT2D eigenvalue weighted by molar-refractivity contribution is 0.0805. The van der Waals surface area contributed by atoms with Crippen LogP contribution in [0.3, 0.4) is 0 Å². The van der Waals surface area contributed by atoms with Gasteiger partial charge in [0.1, 0.15) is 0 Å². The summed E-state index contributed by atoms with van der Waals surface area (Å²) in [5, 5.41) is 0. The summed E-state index contributed by atoms with van der Waals surface area (Å²) in [5.41, 5.74) is 1.92. The molecule has 2 heterocycles. The van der Waals surface area contributed by atoms with Crippen LogP contribution in [-0.4, -0.2) is 18.0 Å². The fraction of sp³-hybridized carbons (Fsp3) is 0.571. The fourth-order valence-corrected chi connectivity index (χ4v) is 3.64. The van der Waals surface area contributed by atoms with E-state index in [0.29, 0.717) is 5.54 Å². The van der Waals surface area contributed by atoms with E-state index in [1.165, 1.54) is 37.7 Å². The molecule has 0 radical (unpaired) electrons. The van der Waals surface area contributed by atoms with Gasteiger partial charge in [0.2, 0.25) is 0 Å². The Morgan fingerprint density at radius 3 is 2.73 bits per heavy atom. The molecular weight excluding hydrogens is 182 g/mol. The minimum absolute atomic E-state index is 0.379. The van der Waals surface area contributed by atoms with Gasteiger partial charge in [0, 0.05) is 11.6 Å². The molecule has 2 aliphatic rings. The SMILES string of the molecule is CN1[C@@H]2CCC[C@@]1(c1ccccc1)CC2. The minimum Gasteiger partial charge on any atom is -0.294 e. The quantitative estimate of drug-likeness (QED) is 0.674. The lowest BCUT2D eigenvalue weighted by Gasteiger charge is -2.43. The Morgan fingerprint density at radius 1 is 1.13 bits per heavy atom. The molecule has 2 aliphatic heterocycles. The van der Waals surface area contributed by atoms with E-state index in [4.69, 9.17) is 0 Å². The molecule has 2 saturated heterocycles. The first-order valence-corrected chi connectivity index (χ1v) is 6.11. The summed E-state index contributed by atoms with van der Waals surface area (Å²) in [5.74, 6) is 0. The van der Waals surface area contributed by atoms with Crippen molar-refractivity contribution in [1.82, 2.24) is 4.90 Å². The van der Waals surface area contributed by atoms with Gasteiger partial charge in [-0.1, -0.05) is 30.3 Å². The Kier molecular flexibility index (Phi) is 2.10. The maximum atomic E-state index is 2.64. The Labute approximate surface area is 92.1 Å². The van der Waals surface area contributed by atoms with E-state index in [1.807, 2.05) is 0 Å². The third-order valence-corrected chi connectivity index (χ3v) is 4.55. The van der Waals surface area contributed by atoms with Gasteiger partial charge >= 0.3 is 0 Å². The Morgan fingerprint density at radius 2 is 1.93 bits per heavy atom. The molecule has 2 bridgehead atoms. The molecule has 0 saturated carbocycles. The summed E-state index contributed by atoms with van der Waals surface area (Å²) in [7, 11) is 2.32. The summed E-state index contributed by atoms with van der Waals surface area (Å²) >= 11 is 0. The number of fused-ring (bicyclic) bond motifs is 2. The van der Waals surface area contributed by atoms with Crippen molar-refractivity contribution in [2.24, 2.45) is 0 Å². The highest BCUT2D eigenvalue weighted by molar-refractivity contribution is 5.27. The number of nitrogens with zero attached hydrogens (tertiary/aromatic N) is 1. The molecule has 1 nitrogen and oxygen atoms in total. The normalized spacial score (nSPS) is 35.7. The number of hydrogen-bond donors (Lipinski definition) is 0.